The Bertz CT molecular complexity index is 673. The van der Waals surface area contributed by atoms with Gasteiger partial charge in [0.1, 0.15) is 12.4 Å². The first kappa shape index (κ1) is 15.5. The largest absolute Gasteiger partial charge is 0.488 e. The van der Waals surface area contributed by atoms with E-state index in [4.69, 9.17) is 9.84 Å². The summed E-state index contributed by atoms with van der Waals surface area (Å²) in [5, 5.41) is 20.0. The number of aliphatic hydroxyl groups is 1. The summed E-state index contributed by atoms with van der Waals surface area (Å²) < 4.78 is 6.42. The van der Waals surface area contributed by atoms with E-state index in [0.29, 0.717) is 11.3 Å². The van der Waals surface area contributed by atoms with Crippen LogP contribution in [0.4, 0.5) is 5.69 Å². The molecule has 0 aliphatic heterocycles. The molecule has 110 valence electrons. The standard InChI is InChI=1S/C15H14BrNO4/c1-10-12(3-2-4-14(10)17(19)20)9-21-15-6-5-11(8-18)7-13(15)16/h2-7,18H,8-9H2,1H3. The highest BCUT2D eigenvalue weighted by atomic mass is 79.9. The van der Waals surface area contributed by atoms with Crippen LogP contribution in [-0.2, 0) is 13.2 Å². The van der Waals surface area contributed by atoms with E-state index in [2.05, 4.69) is 15.9 Å². The summed E-state index contributed by atoms with van der Waals surface area (Å²) in [5.74, 6) is 0.623. The Morgan fingerprint density at radius 1 is 1.33 bits per heavy atom. The molecule has 2 aromatic rings. The highest BCUT2D eigenvalue weighted by molar-refractivity contribution is 9.10. The van der Waals surface area contributed by atoms with E-state index < -0.39 is 4.92 Å². The number of aliphatic hydroxyl groups excluding tert-OH is 1. The molecule has 0 saturated carbocycles. The lowest BCUT2D eigenvalue weighted by Crippen LogP contribution is -2.01. The Balaban J connectivity index is 2.17. The molecule has 0 heterocycles. The van der Waals surface area contributed by atoms with Gasteiger partial charge in [0.25, 0.3) is 5.69 Å². The van der Waals surface area contributed by atoms with Crippen LogP contribution in [0.15, 0.2) is 40.9 Å². The van der Waals surface area contributed by atoms with Gasteiger partial charge < -0.3 is 9.84 Å². The highest BCUT2D eigenvalue weighted by Crippen LogP contribution is 2.28. The number of halogens is 1. The van der Waals surface area contributed by atoms with Crippen molar-refractivity contribution in [3.05, 3.63) is 67.7 Å². The molecule has 0 saturated heterocycles. The third kappa shape index (κ3) is 3.59. The fourth-order valence-electron chi connectivity index (χ4n) is 1.94. The summed E-state index contributed by atoms with van der Waals surface area (Å²) in [5.41, 5.74) is 2.24. The lowest BCUT2D eigenvalue weighted by molar-refractivity contribution is -0.385. The van der Waals surface area contributed by atoms with Crippen LogP contribution in [0.1, 0.15) is 16.7 Å². The molecule has 0 aliphatic carbocycles. The fraction of sp³-hybridized carbons (Fsp3) is 0.200. The van der Waals surface area contributed by atoms with E-state index in [-0.39, 0.29) is 18.9 Å². The van der Waals surface area contributed by atoms with Gasteiger partial charge in [-0.3, -0.25) is 10.1 Å². The topological polar surface area (TPSA) is 72.6 Å². The normalized spacial score (nSPS) is 10.4. The molecule has 0 aromatic heterocycles. The number of hydrogen-bond donors (Lipinski definition) is 1. The summed E-state index contributed by atoms with van der Waals surface area (Å²) >= 11 is 3.37. The summed E-state index contributed by atoms with van der Waals surface area (Å²) in [7, 11) is 0. The molecule has 0 aliphatic rings. The Hall–Kier alpha value is -1.92. The number of nitro benzene ring substituents is 1. The van der Waals surface area contributed by atoms with Gasteiger partial charge in [-0.1, -0.05) is 18.2 Å². The molecular weight excluding hydrogens is 338 g/mol. The molecule has 21 heavy (non-hydrogen) atoms. The maximum Gasteiger partial charge on any atom is 0.272 e. The first-order chi connectivity index (χ1) is 10.0. The van der Waals surface area contributed by atoms with Gasteiger partial charge in [0.2, 0.25) is 0 Å². The van der Waals surface area contributed by atoms with E-state index in [1.54, 1.807) is 37.3 Å². The average molecular weight is 352 g/mol. The molecule has 0 bridgehead atoms. The monoisotopic (exact) mass is 351 g/mol. The van der Waals surface area contributed by atoms with Gasteiger partial charge in [0.15, 0.2) is 0 Å². The Morgan fingerprint density at radius 2 is 2.10 bits per heavy atom. The highest BCUT2D eigenvalue weighted by Gasteiger charge is 2.13. The summed E-state index contributed by atoms with van der Waals surface area (Å²) in [6, 6.07) is 10.2. The first-order valence-electron chi connectivity index (χ1n) is 6.28. The van der Waals surface area contributed by atoms with Gasteiger partial charge >= 0.3 is 0 Å². The van der Waals surface area contributed by atoms with Crippen molar-refractivity contribution in [3.63, 3.8) is 0 Å². The minimum absolute atomic E-state index is 0.0388. The summed E-state index contributed by atoms with van der Waals surface area (Å²) in [6.07, 6.45) is 0. The quantitative estimate of drug-likeness (QED) is 0.657. The average Bonchev–Trinajstić information content (AvgIpc) is 2.46. The maximum absolute atomic E-state index is 10.9. The number of benzene rings is 2. The third-order valence-corrected chi connectivity index (χ3v) is 3.80. The van der Waals surface area contributed by atoms with Crippen molar-refractivity contribution < 1.29 is 14.8 Å². The first-order valence-corrected chi connectivity index (χ1v) is 7.07. The number of rotatable bonds is 5. The summed E-state index contributed by atoms with van der Waals surface area (Å²) in [6.45, 7) is 1.91. The van der Waals surface area contributed by atoms with Crippen molar-refractivity contribution in [2.45, 2.75) is 20.1 Å². The molecule has 0 fully saturated rings. The number of hydrogen-bond acceptors (Lipinski definition) is 4. The van der Waals surface area contributed by atoms with Crippen molar-refractivity contribution in [3.8, 4) is 5.75 Å². The second-order valence-electron chi connectivity index (χ2n) is 4.53. The zero-order valence-electron chi connectivity index (χ0n) is 11.4. The van der Waals surface area contributed by atoms with Crippen LogP contribution >= 0.6 is 15.9 Å². The zero-order chi connectivity index (χ0) is 15.4. The van der Waals surface area contributed by atoms with Crippen LogP contribution in [0.2, 0.25) is 0 Å². The summed E-state index contributed by atoms with van der Waals surface area (Å²) in [4.78, 5) is 10.5. The molecule has 2 aromatic carbocycles. The number of nitrogens with zero attached hydrogens (tertiary/aromatic N) is 1. The Labute approximate surface area is 130 Å². The van der Waals surface area contributed by atoms with Gasteiger partial charge in [-0.05, 0) is 46.1 Å². The zero-order valence-corrected chi connectivity index (χ0v) is 13.0. The third-order valence-electron chi connectivity index (χ3n) is 3.18. The van der Waals surface area contributed by atoms with E-state index in [0.717, 1.165) is 15.6 Å². The van der Waals surface area contributed by atoms with Crippen molar-refractivity contribution in [2.75, 3.05) is 0 Å². The molecule has 0 amide bonds. The van der Waals surface area contributed by atoms with E-state index >= 15 is 0 Å². The van der Waals surface area contributed by atoms with Crippen LogP contribution < -0.4 is 4.74 Å². The Kier molecular flexibility index (Phi) is 4.93. The molecule has 0 spiro atoms. The number of nitro groups is 1. The van der Waals surface area contributed by atoms with Gasteiger partial charge in [0.05, 0.1) is 16.0 Å². The smallest absolute Gasteiger partial charge is 0.272 e. The fourth-order valence-corrected chi connectivity index (χ4v) is 2.48. The number of ether oxygens (including phenoxy) is 1. The van der Waals surface area contributed by atoms with Crippen molar-refractivity contribution in [1.29, 1.82) is 0 Å². The molecule has 0 atom stereocenters. The predicted molar refractivity (Wildman–Crippen MR) is 82.2 cm³/mol. The van der Waals surface area contributed by atoms with Crippen molar-refractivity contribution in [1.82, 2.24) is 0 Å². The lowest BCUT2D eigenvalue weighted by atomic mass is 10.1. The van der Waals surface area contributed by atoms with Crippen molar-refractivity contribution in [2.24, 2.45) is 0 Å². The second-order valence-corrected chi connectivity index (χ2v) is 5.38. The second kappa shape index (κ2) is 6.69. The molecule has 0 radical (unpaired) electrons. The predicted octanol–water partition coefficient (Wildman–Crippen LogP) is 3.74. The van der Waals surface area contributed by atoms with Crippen molar-refractivity contribution >= 4 is 21.6 Å². The Morgan fingerprint density at radius 3 is 2.71 bits per heavy atom. The van der Waals surface area contributed by atoms with Gasteiger partial charge in [-0.15, -0.1) is 0 Å². The van der Waals surface area contributed by atoms with E-state index in [1.165, 1.54) is 6.07 Å². The molecule has 5 nitrogen and oxygen atoms in total. The van der Waals surface area contributed by atoms with E-state index in [1.807, 2.05) is 0 Å². The minimum atomic E-state index is -0.398. The SMILES string of the molecule is Cc1c(COc2ccc(CO)cc2Br)cccc1[N+](=O)[O-]. The lowest BCUT2D eigenvalue weighted by Gasteiger charge is -2.11. The molecular formula is C15H14BrNO4. The van der Waals surface area contributed by atoms with Crippen LogP contribution in [-0.4, -0.2) is 10.0 Å². The molecule has 0 unspecified atom stereocenters. The molecule has 1 N–H and O–H groups in total. The van der Waals surface area contributed by atoms with Crippen LogP contribution in [0, 0.1) is 17.0 Å². The van der Waals surface area contributed by atoms with Gasteiger partial charge in [-0.2, -0.15) is 0 Å². The molecule has 2 rings (SSSR count). The van der Waals surface area contributed by atoms with Gasteiger partial charge in [-0.25, -0.2) is 0 Å². The maximum atomic E-state index is 10.9. The minimum Gasteiger partial charge on any atom is -0.488 e. The van der Waals surface area contributed by atoms with Gasteiger partial charge in [0, 0.05) is 11.6 Å². The van der Waals surface area contributed by atoms with E-state index in [9.17, 15) is 10.1 Å². The molecule has 6 heteroatoms. The van der Waals surface area contributed by atoms with Crippen LogP contribution in [0.3, 0.4) is 0 Å². The van der Waals surface area contributed by atoms with Crippen LogP contribution in [0.5, 0.6) is 5.75 Å². The van der Waals surface area contributed by atoms with Crippen LogP contribution in [0.25, 0.3) is 0 Å².